The van der Waals surface area contributed by atoms with Gasteiger partial charge in [0.15, 0.2) is 0 Å². The zero-order valence-corrected chi connectivity index (χ0v) is 30.8. The summed E-state index contributed by atoms with van der Waals surface area (Å²) in [5, 5.41) is 14.3. The average Bonchev–Trinajstić information content (AvgIpc) is 3.70. The second-order valence-electron chi connectivity index (χ2n) is 14.6. The molecule has 0 spiro atoms. The van der Waals surface area contributed by atoms with E-state index in [-0.39, 0.29) is 0 Å². The van der Waals surface area contributed by atoms with Crippen molar-refractivity contribution in [2.24, 2.45) is 0 Å². The first-order valence-corrected chi connectivity index (χ1v) is 17.4. The molecule has 270 valence electrons. The topological polar surface area (TPSA) is 126 Å². The number of benzene rings is 5. The van der Waals surface area contributed by atoms with E-state index in [1.807, 2.05) is 145 Å². The van der Waals surface area contributed by atoms with Crippen LogP contribution in [-0.4, -0.2) is 42.9 Å². The summed E-state index contributed by atoms with van der Waals surface area (Å²) < 4.78 is 13.7. The van der Waals surface area contributed by atoms with Gasteiger partial charge in [-0.15, -0.1) is 0 Å². The molecule has 10 nitrogen and oxygen atoms in total. The van der Waals surface area contributed by atoms with Crippen LogP contribution in [0.3, 0.4) is 0 Å². The largest absolute Gasteiger partial charge is 0.442 e. The van der Waals surface area contributed by atoms with Crippen LogP contribution in [0.2, 0.25) is 0 Å². The Morgan fingerprint density at radius 2 is 1.04 bits per heavy atom. The second kappa shape index (κ2) is 15.1. The normalized spacial score (nSPS) is 11.5. The van der Waals surface area contributed by atoms with Gasteiger partial charge in [-0.2, -0.15) is 19.6 Å². The first-order chi connectivity index (χ1) is 25.3. The number of hydrogen-bond donors (Lipinski definition) is 2. The van der Waals surface area contributed by atoms with Crippen LogP contribution >= 0.6 is 0 Å². The molecule has 10 heteroatoms. The number of carbonyl (C=O) groups excluding carboxylic acids is 2. The van der Waals surface area contributed by atoms with E-state index >= 15 is 0 Å². The lowest BCUT2D eigenvalue weighted by atomic mass is 10.1. The molecule has 0 amide bonds. The average molecular weight is 709 g/mol. The van der Waals surface area contributed by atoms with Gasteiger partial charge in [-0.05, 0) is 83.5 Å². The van der Waals surface area contributed by atoms with Crippen molar-refractivity contribution in [3.8, 4) is 22.5 Å². The van der Waals surface area contributed by atoms with Gasteiger partial charge in [0.2, 0.25) is 0 Å². The van der Waals surface area contributed by atoms with Crippen LogP contribution < -0.4 is 11.1 Å². The Bertz CT molecular complexity index is 2350. The summed E-state index contributed by atoms with van der Waals surface area (Å²) in [5.41, 5.74) is 12.1. The van der Waals surface area contributed by atoms with Crippen LogP contribution in [0, 0.1) is 0 Å². The van der Waals surface area contributed by atoms with Gasteiger partial charge < -0.3 is 20.5 Å². The number of fused-ring (bicyclic) bond motifs is 2. The van der Waals surface area contributed by atoms with Gasteiger partial charge in [0, 0.05) is 39.8 Å². The van der Waals surface area contributed by atoms with Crippen molar-refractivity contribution >= 4 is 45.4 Å². The maximum atomic E-state index is 12.9. The summed E-state index contributed by atoms with van der Waals surface area (Å²) in [4.78, 5) is 25.3. The van der Waals surface area contributed by atoms with E-state index in [1.165, 1.54) is 14.9 Å². The highest BCUT2D eigenvalue weighted by molar-refractivity contribution is 6.00. The van der Waals surface area contributed by atoms with E-state index in [0.29, 0.717) is 23.3 Å². The molecule has 3 N–H and O–H groups in total. The molecule has 0 unspecified atom stereocenters. The molecule has 0 atom stereocenters. The molecule has 5 aromatic carbocycles. The number of nitrogens with zero attached hydrogens (tertiary/aromatic N) is 4. The van der Waals surface area contributed by atoms with E-state index in [0.717, 1.165) is 39.0 Å². The summed E-state index contributed by atoms with van der Waals surface area (Å²) in [6, 6.07) is 41.1. The lowest BCUT2D eigenvalue weighted by Crippen LogP contribution is -2.27. The minimum Gasteiger partial charge on any atom is -0.442 e. The molecule has 0 bridgehead atoms. The third-order valence-corrected chi connectivity index (χ3v) is 7.95. The predicted molar refractivity (Wildman–Crippen MR) is 212 cm³/mol. The number of anilines is 2. The van der Waals surface area contributed by atoms with Gasteiger partial charge in [0.25, 0.3) is 0 Å². The van der Waals surface area contributed by atoms with Crippen LogP contribution in [-0.2, 0) is 16.0 Å². The number of aromatic nitrogens is 4. The maximum Gasteiger partial charge on any atom is 0.435 e. The molecule has 0 saturated carbocycles. The molecule has 0 aliphatic heterocycles. The molecule has 2 aromatic heterocycles. The predicted octanol–water partition coefficient (Wildman–Crippen LogP) is 10.2. The van der Waals surface area contributed by atoms with Crippen molar-refractivity contribution in [1.29, 1.82) is 0 Å². The van der Waals surface area contributed by atoms with E-state index in [2.05, 4.69) is 27.6 Å². The number of nitrogens with two attached hydrogens (primary N) is 1. The molecule has 7 rings (SSSR count). The van der Waals surface area contributed by atoms with Crippen molar-refractivity contribution in [1.82, 2.24) is 19.6 Å². The Balaban J connectivity index is 0.000000188. The summed E-state index contributed by atoms with van der Waals surface area (Å²) in [5.74, 6) is 0. The minimum absolute atomic E-state index is 0.491. The highest BCUT2D eigenvalue weighted by Crippen LogP contribution is 2.32. The van der Waals surface area contributed by atoms with Crippen LogP contribution in [0.1, 0.15) is 47.1 Å². The Kier molecular flexibility index (Phi) is 10.3. The Morgan fingerprint density at radius 1 is 0.604 bits per heavy atom. The summed E-state index contributed by atoms with van der Waals surface area (Å²) in [7, 11) is 0. The lowest BCUT2D eigenvalue weighted by Gasteiger charge is -2.19. The van der Waals surface area contributed by atoms with Crippen molar-refractivity contribution < 1.29 is 19.1 Å². The van der Waals surface area contributed by atoms with Gasteiger partial charge >= 0.3 is 12.2 Å². The first kappa shape index (κ1) is 36.4. The molecule has 53 heavy (non-hydrogen) atoms. The minimum atomic E-state index is -0.606. The molecule has 0 fully saturated rings. The van der Waals surface area contributed by atoms with Crippen LogP contribution in [0.15, 0.2) is 127 Å². The van der Waals surface area contributed by atoms with Crippen molar-refractivity contribution in [2.45, 2.75) is 59.3 Å². The van der Waals surface area contributed by atoms with Gasteiger partial charge in [-0.3, -0.25) is 0 Å². The summed E-state index contributed by atoms with van der Waals surface area (Å²) in [6.45, 7) is 11.7. The van der Waals surface area contributed by atoms with Gasteiger partial charge in [-0.1, -0.05) is 91.0 Å². The fourth-order valence-corrected chi connectivity index (χ4v) is 5.66. The smallest absolute Gasteiger partial charge is 0.435 e. The third-order valence-electron chi connectivity index (χ3n) is 7.95. The van der Waals surface area contributed by atoms with Crippen LogP contribution in [0.25, 0.3) is 44.3 Å². The molecule has 2 heterocycles. The SMILES string of the molecule is CC(C)(C)OC(=O)n1nc(-c2ccccc2)c2ccc(N)cc21.CC(C)(C)OC(=O)n1nc(-c2ccccc2)c2ccc(NCc3ccccc3)cc21. The van der Waals surface area contributed by atoms with Gasteiger partial charge in [0.05, 0.1) is 11.0 Å². The lowest BCUT2D eigenvalue weighted by molar-refractivity contribution is 0.0512. The van der Waals surface area contributed by atoms with E-state index < -0.39 is 23.4 Å². The molecular weight excluding hydrogens is 665 g/mol. The van der Waals surface area contributed by atoms with Gasteiger partial charge in [0.1, 0.15) is 22.6 Å². The summed E-state index contributed by atoms with van der Waals surface area (Å²) in [6.07, 6.45) is -1.01. The number of nitrogens with one attached hydrogen (secondary N) is 1. The number of ether oxygens (including phenoxy) is 2. The summed E-state index contributed by atoms with van der Waals surface area (Å²) >= 11 is 0. The molecule has 7 aromatic rings. The fourth-order valence-electron chi connectivity index (χ4n) is 5.66. The number of carbonyl (C=O) groups is 2. The van der Waals surface area contributed by atoms with Crippen molar-refractivity contribution in [3.63, 3.8) is 0 Å². The molecular formula is C43H44N6O4. The number of nitrogen functional groups attached to an aromatic ring is 1. The maximum absolute atomic E-state index is 12.9. The zero-order valence-electron chi connectivity index (χ0n) is 30.8. The van der Waals surface area contributed by atoms with E-state index in [4.69, 9.17) is 15.2 Å². The van der Waals surface area contributed by atoms with Gasteiger partial charge in [-0.25, -0.2) is 9.59 Å². The van der Waals surface area contributed by atoms with E-state index in [9.17, 15) is 9.59 Å². The van der Waals surface area contributed by atoms with Crippen molar-refractivity contribution in [2.75, 3.05) is 11.1 Å². The molecule has 0 radical (unpaired) electrons. The molecule has 0 aliphatic carbocycles. The van der Waals surface area contributed by atoms with Crippen LogP contribution in [0.5, 0.6) is 0 Å². The monoisotopic (exact) mass is 708 g/mol. The fraction of sp³-hybridized carbons (Fsp3) is 0.209. The highest BCUT2D eigenvalue weighted by atomic mass is 16.6. The molecule has 0 saturated heterocycles. The second-order valence-corrected chi connectivity index (χ2v) is 14.6. The standard InChI is InChI=1S/C25H25N3O2.C18H19N3O2/c1-25(2,3)30-24(29)28-22-16-20(26-17-18-10-6-4-7-11-18)14-15-21(22)23(27-28)19-12-8-5-9-13-19;1-18(2,3)23-17(22)21-15-11-13(19)9-10-14(15)16(20-21)12-7-5-4-6-8-12/h4-16,26H,17H2,1-3H3;4-11H,19H2,1-3H3. The highest BCUT2D eigenvalue weighted by Gasteiger charge is 2.24. The first-order valence-electron chi connectivity index (χ1n) is 17.4. The zero-order chi connectivity index (χ0) is 37.8. The Hall–Kier alpha value is -6.42. The van der Waals surface area contributed by atoms with E-state index in [1.54, 1.807) is 12.1 Å². The van der Waals surface area contributed by atoms with Crippen LogP contribution in [0.4, 0.5) is 21.0 Å². The number of hydrogen-bond acceptors (Lipinski definition) is 8. The van der Waals surface area contributed by atoms with Crippen molar-refractivity contribution in [3.05, 3.63) is 133 Å². The Labute approximate surface area is 309 Å². The number of rotatable bonds is 5. The molecule has 0 aliphatic rings. The quantitative estimate of drug-likeness (QED) is 0.169. The third kappa shape index (κ3) is 8.91. The Morgan fingerprint density at radius 3 is 1.51 bits per heavy atom.